The molecule has 0 spiro atoms. The third kappa shape index (κ3) is 14.5. The van der Waals surface area contributed by atoms with E-state index in [0.29, 0.717) is 23.8 Å². The molecule has 0 fully saturated rings. The van der Waals surface area contributed by atoms with Crippen LogP contribution in [-0.2, 0) is 17.0 Å². The molecule has 0 aliphatic carbocycles. The van der Waals surface area contributed by atoms with Crippen LogP contribution in [0.2, 0.25) is 0 Å². The van der Waals surface area contributed by atoms with Crippen molar-refractivity contribution in [1.82, 2.24) is 5.32 Å². The number of alkyl halides is 2. The van der Waals surface area contributed by atoms with Crippen LogP contribution < -0.4 is 5.32 Å². The topological polar surface area (TPSA) is 53.8 Å². The van der Waals surface area contributed by atoms with E-state index in [-0.39, 0.29) is 12.1 Å². The maximum atomic E-state index is 14.8. The molecule has 0 saturated heterocycles. The van der Waals surface area contributed by atoms with Gasteiger partial charge in [-0.25, -0.2) is 13.8 Å². The fraction of sp³-hybridized carbons (Fsp3) is 0.621. The molecule has 1 N–H and O–H groups in total. The summed E-state index contributed by atoms with van der Waals surface area (Å²) in [6.07, 6.45) is 9.52. The van der Waals surface area contributed by atoms with Crippen LogP contribution in [-0.4, -0.2) is 24.8 Å². The van der Waals surface area contributed by atoms with Crippen molar-refractivity contribution >= 4 is 30.4 Å². The number of hydrogen-bond donors (Lipinski definition) is 1. The number of allylic oxidation sites excluding steroid dienone is 1. The third-order valence-electron chi connectivity index (χ3n) is 5.32. The Morgan fingerprint density at radius 2 is 1.72 bits per heavy atom. The number of carbonyl (C=O) groups excluding carboxylic acids is 1. The minimum atomic E-state index is -1.76. The first-order chi connectivity index (χ1) is 17.2. The number of aliphatic imine (C=N–C) groups is 2. The van der Waals surface area contributed by atoms with Gasteiger partial charge in [0.15, 0.2) is 5.84 Å². The van der Waals surface area contributed by atoms with Crippen molar-refractivity contribution in [2.24, 2.45) is 9.98 Å². The fourth-order valence-electron chi connectivity index (χ4n) is 3.58. The maximum Gasteiger partial charge on any atom is 0.151 e. The summed E-state index contributed by atoms with van der Waals surface area (Å²) in [5.41, 5.74) is 0.561. The van der Waals surface area contributed by atoms with Gasteiger partial charge in [0.1, 0.15) is 17.8 Å². The van der Waals surface area contributed by atoms with Crippen molar-refractivity contribution in [2.45, 2.75) is 112 Å². The van der Waals surface area contributed by atoms with E-state index in [1.165, 1.54) is 52.5 Å². The smallest absolute Gasteiger partial charge is 0.151 e. The van der Waals surface area contributed by atoms with E-state index < -0.39 is 11.5 Å². The SMILES string of the molecule is C=NC(=NCc1cccc(C(C)(C)F)c1F)/C(CC)=C(/CCCCCCCC)NCCl.CC.CC=O. The summed E-state index contributed by atoms with van der Waals surface area (Å²) in [6.45, 7) is 16.1. The van der Waals surface area contributed by atoms with Crippen LogP contribution in [0.1, 0.15) is 111 Å². The van der Waals surface area contributed by atoms with Crippen LogP contribution >= 0.6 is 11.6 Å². The van der Waals surface area contributed by atoms with E-state index in [2.05, 4.69) is 28.9 Å². The Labute approximate surface area is 223 Å². The predicted molar refractivity (Wildman–Crippen MR) is 153 cm³/mol. The highest BCUT2D eigenvalue weighted by molar-refractivity contribution is 6.17. The van der Waals surface area contributed by atoms with Gasteiger partial charge >= 0.3 is 0 Å². The van der Waals surface area contributed by atoms with Gasteiger partial charge in [0.2, 0.25) is 0 Å². The minimum absolute atomic E-state index is 0.0344. The molecule has 4 nitrogen and oxygen atoms in total. The molecule has 0 bridgehead atoms. The van der Waals surface area contributed by atoms with E-state index in [1.807, 2.05) is 20.8 Å². The molecule has 0 amide bonds. The molecule has 1 aromatic carbocycles. The van der Waals surface area contributed by atoms with Gasteiger partial charge in [-0.2, -0.15) is 0 Å². The molecule has 0 aliphatic rings. The highest BCUT2D eigenvalue weighted by Gasteiger charge is 2.24. The molecule has 0 unspecified atom stereocenters. The van der Waals surface area contributed by atoms with E-state index in [0.717, 1.165) is 36.8 Å². The number of carbonyl (C=O) groups is 1. The zero-order chi connectivity index (χ0) is 28.0. The van der Waals surface area contributed by atoms with Crippen molar-refractivity contribution in [3.63, 3.8) is 0 Å². The van der Waals surface area contributed by atoms with Gasteiger partial charge in [-0.3, -0.25) is 4.99 Å². The Balaban J connectivity index is 0. The predicted octanol–water partition coefficient (Wildman–Crippen LogP) is 9.06. The van der Waals surface area contributed by atoms with E-state index in [9.17, 15) is 8.78 Å². The minimum Gasteiger partial charge on any atom is -0.375 e. The second-order valence-electron chi connectivity index (χ2n) is 8.42. The molecule has 0 saturated carbocycles. The van der Waals surface area contributed by atoms with Gasteiger partial charge in [0.25, 0.3) is 0 Å². The molecule has 1 aromatic rings. The summed E-state index contributed by atoms with van der Waals surface area (Å²) in [6, 6.07) is 5.04. The number of unbranched alkanes of at least 4 members (excludes halogenated alkanes) is 5. The van der Waals surface area contributed by atoms with Crippen LogP contribution in [0.5, 0.6) is 0 Å². The Kier molecular flexibility index (Phi) is 22.2. The number of aldehydes is 1. The number of halogens is 3. The molecule has 0 aliphatic heterocycles. The van der Waals surface area contributed by atoms with Crippen molar-refractivity contribution in [3.05, 3.63) is 46.4 Å². The number of rotatable bonds is 14. The fourth-order valence-corrected chi connectivity index (χ4v) is 3.74. The van der Waals surface area contributed by atoms with Crippen LogP contribution in [0.25, 0.3) is 0 Å². The number of hydrogen-bond acceptors (Lipinski definition) is 3. The zero-order valence-electron chi connectivity index (χ0n) is 23.5. The monoisotopic (exact) mass is 527 g/mol. The van der Waals surface area contributed by atoms with Crippen LogP contribution in [0.4, 0.5) is 8.78 Å². The molecule has 1 rings (SSSR count). The van der Waals surface area contributed by atoms with E-state index >= 15 is 0 Å². The molecular formula is C29H48ClF2N3O. The Hall–Kier alpha value is -2.08. The molecule has 0 radical (unpaired) electrons. The summed E-state index contributed by atoms with van der Waals surface area (Å²) in [4.78, 5) is 17.4. The lowest BCUT2D eigenvalue weighted by molar-refractivity contribution is -0.106. The van der Waals surface area contributed by atoms with Gasteiger partial charge in [-0.1, -0.05) is 78.0 Å². The average molecular weight is 528 g/mol. The summed E-state index contributed by atoms with van der Waals surface area (Å²) in [7, 11) is 0. The lowest BCUT2D eigenvalue weighted by Crippen LogP contribution is -2.17. The van der Waals surface area contributed by atoms with Gasteiger partial charge in [0, 0.05) is 22.4 Å². The molecule has 0 heterocycles. The van der Waals surface area contributed by atoms with E-state index in [1.54, 1.807) is 12.1 Å². The maximum absolute atomic E-state index is 14.8. The van der Waals surface area contributed by atoms with Crippen LogP contribution in [0.15, 0.2) is 39.5 Å². The third-order valence-corrected chi connectivity index (χ3v) is 5.45. The van der Waals surface area contributed by atoms with Gasteiger partial charge in [-0.15, -0.1) is 11.6 Å². The molecule has 0 atom stereocenters. The largest absolute Gasteiger partial charge is 0.375 e. The number of nitrogens with one attached hydrogen (secondary N) is 1. The van der Waals surface area contributed by atoms with Crippen molar-refractivity contribution in [3.8, 4) is 0 Å². The first-order valence-corrected chi connectivity index (χ1v) is 13.6. The second-order valence-corrected chi connectivity index (χ2v) is 8.69. The molecule has 0 aromatic heterocycles. The highest BCUT2D eigenvalue weighted by Crippen LogP contribution is 2.29. The Morgan fingerprint density at radius 3 is 2.22 bits per heavy atom. The van der Waals surface area contributed by atoms with Gasteiger partial charge in [0.05, 0.1) is 12.5 Å². The Morgan fingerprint density at radius 1 is 1.14 bits per heavy atom. The van der Waals surface area contributed by atoms with Crippen LogP contribution in [0, 0.1) is 5.82 Å². The summed E-state index contributed by atoms with van der Waals surface area (Å²) in [5, 5.41) is 3.24. The highest BCUT2D eigenvalue weighted by atomic mass is 35.5. The normalized spacial score (nSPS) is 11.9. The van der Waals surface area contributed by atoms with Gasteiger partial charge < -0.3 is 10.1 Å². The number of amidine groups is 1. The lowest BCUT2D eigenvalue weighted by Gasteiger charge is -2.17. The quantitative estimate of drug-likeness (QED) is 0.0654. The van der Waals surface area contributed by atoms with Crippen molar-refractivity contribution in [1.29, 1.82) is 0 Å². The molecular weight excluding hydrogens is 480 g/mol. The molecule has 36 heavy (non-hydrogen) atoms. The molecule has 206 valence electrons. The van der Waals surface area contributed by atoms with Crippen molar-refractivity contribution < 1.29 is 13.6 Å². The number of nitrogens with zero attached hydrogens (tertiary/aromatic N) is 2. The Bertz CT molecular complexity index is 802. The number of benzene rings is 1. The second kappa shape index (κ2) is 22.1. The summed E-state index contributed by atoms with van der Waals surface area (Å²) >= 11 is 5.96. The lowest BCUT2D eigenvalue weighted by atomic mass is 9.97. The van der Waals surface area contributed by atoms with E-state index in [4.69, 9.17) is 16.4 Å². The summed E-state index contributed by atoms with van der Waals surface area (Å²) < 4.78 is 29.1. The standard InChI is InChI=1S/C25H38ClF2N3.C2H4O.C2H6/c1-6-8-9-10-11-12-16-22(31-18-26)20(7-2)24(29-5)30-17-19-14-13-15-21(23(19)27)25(3,4)28;1-2-3;1-2/h13-15,31H,5-12,16-18H2,1-4H3;2H,1H3;1-2H3/b22-20-,30-24?;;. The first kappa shape index (κ1) is 36.1. The van der Waals surface area contributed by atoms with Crippen LogP contribution in [0.3, 0.4) is 0 Å². The van der Waals surface area contributed by atoms with Gasteiger partial charge in [-0.05, 0) is 46.8 Å². The van der Waals surface area contributed by atoms with Crippen molar-refractivity contribution in [2.75, 3.05) is 6.00 Å². The molecule has 7 heteroatoms. The average Bonchev–Trinajstić information content (AvgIpc) is 2.85. The summed E-state index contributed by atoms with van der Waals surface area (Å²) in [5.74, 6) is -0.0826. The zero-order valence-corrected chi connectivity index (χ0v) is 24.3. The first-order valence-electron chi connectivity index (χ1n) is 13.1.